The fourth-order valence-corrected chi connectivity index (χ4v) is 3.14. The largest absolute Gasteiger partial charge is 0.497 e. The molecule has 0 saturated carbocycles. The van der Waals surface area contributed by atoms with Crippen molar-refractivity contribution in [2.45, 2.75) is 26.7 Å². The second kappa shape index (κ2) is 9.79. The van der Waals surface area contributed by atoms with Crippen LogP contribution in [0.2, 0.25) is 0 Å². The highest BCUT2D eigenvalue weighted by Gasteiger charge is 2.11. The van der Waals surface area contributed by atoms with Crippen molar-refractivity contribution < 1.29 is 9.53 Å². The van der Waals surface area contributed by atoms with E-state index in [4.69, 9.17) is 4.74 Å². The van der Waals surface area contributed by atoms with E-state index in [1.807, 2.05) is 85.8 Å². The van der Waals surface area contributed by atoms with E-state index >= 15 is 0 Å². The van der Waals surface area contributed by atoms with Crippen LogP contribution in [0.25, 0.3) is 5.70 Å². The Balaban J connectivity index is 1.78. The lowest BCUT2D eigenvalue weighted by atomic mass is 10.0. The quantitative estimate of drug-likeness (QED) is 0.473. The van der Waals surface area contributed by atoms with Gasteiger partial charge in [0, 0.05) is 11.3 Å². The number of methoxy groups -OCH3 is 1. The summed E-state index contributed by atoms with van der Waals surface area (Å²) in [4.78, 5) is 12.8. The number of ether oxygens (including phenoxy) is 1. The van der Waals surface area contributed by atoms with Gasteiger partial charge in [-0.2, -0.15) is 0 Å². The Kier molecular flexibility index (Phi) is 6.91. The standard InChI is InChI=1S/C26H28N2O2/c1-5-23(20-14-16-22(30-4)17-15-20)27-24-8-6-7-9-25(24)28-26(29)21-12-10-19(11-13-21)18(2)3/h5-18,27H,1-4H3,(H,28,29). The molecule has 4 heteroatoms. The molecule has 2 N–H and O–H groups in total. The molecule has 0 spiro atoms. The minimum absolute atomic E-state index is 0.133. The monoisotopic (exact) mass is 400 g/mol. The fourth-order valence-electron chi connectivity index (χ4n) is 3.14. The Labute approximate surface area is 178 Å². The summed E-state index contributed by atoms with van der Waals surface area (Å²) < 4.78 is 5.24. The summed E-state index contributed by atoms with van der Waals surface area (Å²) in [7, 11) is 1.65. The van der Waals surface area contributed by atoms with Gasteiger partial charge in [-0.1, -0.05) is 44.2 Å². The fraction of sp³-hybridized carbons (Fsp3) is 0.192. The van der Waals surface area contributed by atoms with Crippen LogP contribution in [0.1, 0.15) is 48.2 Å². The van der Waals surface area contributed by atoms with Crippen molar-refractivity contribution in [2.24, 2.45) is 0 Å². The van der Waals surface area contributed by atoms with Gasteiger partial charge in [-0.05, 0) is 72.5 Å². The van der Waals surface area contributed by atoms with Crippen molar-refractivity contribution in [3.05, 3.63) is 95.6 Å². The predicted octanol–water partition coefficient (Wildman–Crippen LogP) is 6.54. The number of para-hydroxylation sites is 2. The summed E-state index contributed by atoms with van der Waals surface area (Å²) >= 11 is 0. The number of nitrogens with one attached hydrogen (secondary N) is 2. The molecule has 0 bridgehead atoms. The molecule has 0 atom stereocenters. The van der Waals surface area contributed by atoms with Crippen LogP contribution in [0, 0.1) is 0 Å². The summed E-state index contributed by atoms with van der Waals surface area (Å²) in [6.45, 7) is 6.25. The first-order valence-electron chi connectivity index (χ1n) is 10.1. The predicted molar refractivity (Wildman–Crippen MR) is 125 cm³/mol. The van der Waals surface area contributed by atoms with E-state index in [1.54, 1.807) is 7.11 Å². The summed E-state index contributed by atoms with van der Waals surface area (Å²) in [6, 6.07) is 23.3. The van der Waals surface area contributed by atoms with Crippen LogP contribution < -0.4 is 15.4 Å². The molecule has 0 aliphatic heterocycles. The second-order valence-corrected chi connectivity index (χ2v) is 7.33. The molecule has 0 unspecified atom stereocenters. The number of rotatable bonds is 7. The Morgan fingerprint density at radius 2 is 1.40 bits per heavy atom. The van der Waals surface area contributed by atoms with Gasteiger partial charge in [0.05, 0.1) is 18.5 Å². The lowest BCUT2D eigenvalue weighted by molar-refractivity contribution is 0.102. The number of benzene rings is 3. The van der Waals surface area contributed by atoms with Crippen molar-refractivity contribution in [1.29, 1.82) is 0 Å². The lowest BCUT2D eigenvalue weighted by Crippen LogP contribution is -2.13. The Morgan fingerprint density at radius 3 is 1.93 bits per heavy atom. The summed E-state index contributed by atoms with van der Waals surface area (Å²) in [6.07, 6.45) is 2.01. The van der Waals surface area contributed by atoms with Gasteiger partial charge in [0.1, 0.15) is 5.75 Å². The van der Waals surface area contributed by atoms with Crippen LogP contribution in [0.15, 0.2) is 78.9 Å². The topological polar surface area (TPSA) is 50.4 Å². The normalized spacial score (nSPS) is 11.3. The molecule has 1 amide bonds. The van der Waals surface area contributed by atoms with Gasteiger partial charge in [0.25, 0.3) is 5.91 Å². The van der Waals surface area contributed by atoms with E-state index in [0.29, 0.717) is 11.5 Å². The first kappa shape index (κ1) is 21.2. The van der Waals surface area contributed by atoms with Gasteiger partial charge in [0.15, 0.2) is 0 Å². The van der Waals surface area contributed by atoms with Crippen molar-refractivity contribution in [2.75, 3.05) is 17.7 Å². The Hall–Kier alpha value is -3.53. The molecule has 3 rings (SSSR count). The van der Waals surface area contributed by atoms with E-state index in [-0.39, 0.29) is 5.91 Å². The smallest absolute Gasteiger partial charge is 0.255 e. The van der Waals surface area contributed by atoms with Gasteiger partial charge in [-0.3, -0.25) is 4.79 Å². The Morgan fingerprint density at radius 1 is 0.833 bits per heavy atom. The maximum atomic E-state index is 12.8. The molecule has 0 saturated heterocycles. The molecule has 3 aromatic rings. The number of allylic oxidation sites excluding steroid dienone is 1. The second-order valence-electron chi connectivity index (χ2n) is 7.33. The van der Waals surface area contributed by atoms with Crippen LogP contribution in [-0.2, 0) is 0 Å². The maximum Gasteiger partial charge on any atom is 0.255 e. The minimum Gasteiger partial charge on any atom is -0.497 e. The lowest BCUT2D eigenvalue weighted by Gasteiger charge is -2.16. The van der Waals surface area contributed by atoms with E-state index in [9.17, 15) is 4.79 Å². The number of hydrogen-bond acceptors (Lipinski definition) is 3. The summed E-state index contributed by atoms with van der Waals surface area (Å²) in [5, 5.41) is 6.46. The van der Waals surface area contributed by atoms with Crippen LogP contribution >= 0.6 is 0 Å². The third-order valence-electron chi connectivity index (χ3n) is 4.97. The minimum atomic E-state index is -0.133. The van der Waals surface area contributed by atoms with Crippen LogP contribution in [0.5, 0.6) is 5.75 Å². The highest BCUT2D eigenvalue weighted by Crippen LogP contribution is 2.27. The third kappa shape index (κ3) is 5.09. The van der Waals surface area contributed by atoms with Gasteiger partial charge >= 0.3 is 0 Å². The number of hydrogen-bond donors (Lipinski definition) is 2. The van der Waals surface area contributed by atoms with Crippen LogP contribution in [0.4, 0.5) is 11.4 Å². The van der Waals surface area contributed by atoms with E-state index < -0.39 is 0 Å². The molecule has 0 heterocycles. The van der Waals surface area contributed by atoms with Crippen molar-refractivity contribution in [3.63, 3.8) is 0 Å². The highest BCUT2D eigenvalue weighted by atomic mass is 16.5. The Bertz CT molecular complexity index is 1020. The zero-order valence-electron chi connectivity index (χ0n) is 17.9. The molecular formula is C26H28N2O2. The average molecular weight is 401 g/mol. The van der Waals surface area contributed by atoms with Crippen molar-refractivity contribution in [3.8, 4) is 5.75 Å². The first-order chi connectivity index (χ1) is 14.5. The number of carbonyl (C=O) groups is 1. The first-order valence-corrected chi connectivity index (χ1v) is 10.1. The molecule has 4 nitrogen and oxygen atoms in total. The zero-order valence-corrected chi connectivity index (χ0v) is 17.9. The van der Waals surface area contributed by atoms with Crippen molar-refractivity contribution >= 4 is 23.0 Å². The van der Waals surface area contributed by atoms with Gasteiger partial charge in [-0.25, -0.2) is 0 Å². The number of amides is 1. The molecule has 0 aliphatic carbocycles. The summed E-state index contributed by atoms with van der Waals surface area (Å²) in [5.41, 5.74) is 5.38. The summed E-state index contributed by atoms with van der Waals surface area (Å²) in [5.74, 6) is 1.11. The van der Waals surface area contributed by atoms with Crippen molar-refractivity contribution in [1.82, 2.24) is 0 Å². The number of carbonyl (C=O) groups excluding carboxylic acids is 1. The molecule has 3 aromatic carbocycles. The van der Waals surface area contributed by atoms with E-state index in [0.717, 1.165) is 28.4 Å². The van der Waals surface area contributed by atoms with Gasteiger partial charge in [0.2, 0.25) is 0 Å². The van der Waals surface area contributed by atoms with Gasteiger partial charge < -0.3 is 15.4 Å². The molecular weight excluding hydrogens is 372 g/mol. The molecule has 30 heavy (non-hydrogen) atoms. The molecule has 0 aliphatic rings. The SMILES string of the molecule is CC=C(Nc1ccccc1NC(=O)c1ccc(C(C)C)cc1)c1ccc(OC)cc1. The molecule has 0 aromatic heterocycles. The zero-order chi connectivity index (χ0) is 21.5. The molecule has 154 valence electrons. The van der Waals surface area contributed by atoms with Crippen LogP contribution in [0.3, 0.4) is 0 Å². The number of anilines is 2. The third-order valence-corrected chi connectivity index (χ3v) is 4.97. The highest BCUT2D eigenvalue weighted by molar-refractivity contribution is 6.06. The van der Waals surface area contributed by atoms with Crippen LogP contribution in [-0.4, -0.2) is 13.0 Å². The maximum absolute atomic E-state index is 12.8. The van der Waals surface area contributed by atoms with Gasteiger partial charge in [-0.15, -0.1) is 0 Å². The van der Waals surface area contributed by atoms with E-state index in [1.165, 1.54) is 5.56 Å². The van der Waals surface area contributed by atoms with E-state index in [2.05, 4.69) is 24.5 Å². The average Bonchev–Trinajstić information content (AvgIpc) is 2.78. The molecule has 0 fully saturated rings. The molecule has 0 radical (unpaired) electrons.